The maximum atomic E-state index is 13.0. The predicted molar refractivity (Wildman–Crippen MR) is 139 cm³/mol. The summed E-state index contributed by atoms with van der Waals surface area (Å²) in [6, 6.07) is 22.2. The Morgan fingerprint density at radius 2 is 1.83 bits per heavy atom. The zero-order chi connectivity index (χ0) is 24.2. The van der Waals surface area contributed by atoms with Crippen LogP contribution in [0.3, 0.4) is 0 Å². The van der Waals surface area contributed by atoms with Crippen LogP contribution in [0.4, 0.5) is 17.1 Å². The minimum absolute atomic E-state index is 0.0567. The van der Waals surface area contributed by atoms with Crippen molar-refractivity contribution in [1.82, 2.24) is 4.90 Å². The summed E-state index contributed by atoms with van der Waals surface area (Å²) in [6.07, 6.45) is 6.54. The van der Waals surface area contributed by atoms with Gasteiger partial charge in [-0.25, -0.2) is 0 Å². The fraction of sp³-hybridized carbons (Fsp3) is 0.179. The molecule has 0 unspecified atom stereocenters. The lowest BCUT2D eigenvalue weighted by Gasteiger charge is -2.22. The minimum Gasteiger partial charge on any atom is -0.354 e. The third-order valence-corrected chi connectivity index (χ3v) is 6.35. The second-order valence-corrected chi connectivity index (χ2v) is 8.69. The van der Waals surface area contributed by atoms with Gasteiger partial charge in [0.15, 0.2) is 0 Å². The number of nitro groups is 1. The molecule has 0 saturated carbocycles. The van der Waals surface area contributed by atoms with E-state index in [4.69, 9.17) is 0 Å². The maximum Gasteiger partial charge on any atom is 0.270 e. The highest BCUT2D eigenvalue weighted by molar-refractivity contribution is 6.37. The Balaban J connectivity index is 1.45. The smallest absolute Gasteiger partial charge is 0.270 e. The van der Waals surface area contributed by atoms with Gasteiger partial charge in [-0.1, -0.05) is 54.6 Å². The van der Waals surface area contributed by atoms with Gasteiger partial charge in [-0.2, -0.15) is 0 Å². The minimum atomic E-state index is -0.449. The molecule has 3 aromatic rings. The molecule has 0 aliphatic carbocycles. The molecule has 7 heteroatoms. The number of carbonyl (C=O) groups excluding carboxylic acids is 1. The van der Waals surface area contributed by atoms with Gasteiger partial charge >= 0.3 is 0 Å². The van der Waals surface area contributed by atoms with Crippen molar-refractivity contribution in [3.8, 4) is 0 Å². The van der Waals surface area contributed by atoms with Gasteiger partial charge in [0, 0.05) is 48.7 Å². The number of benzene rings is 3. The summed E-state index contributed by atoms with van der Waals surface area (Å²) in [7, 11) is 0. The SMILES string of the molecule is O=C1Nc2ccc([N+](=O)[O-])cc2C1=C(Nc1ccc(CCN2CC=CCC2)cc1)c1ccccc1. The molecule has 3 aromatic carbocycles. The van der Waals surface area contributed by atoms with Gasteiger partial charge in [-0.05, 0) is 42.2 Å². The maximum absolute atomic E-state index is 13.0. The summed E-state index contributed by atoms with van der Waals surface area (Å²) in [5, 5.41) is 17.6. The number of nitrogens with one attached hydrogen (secondary N) is 2. The highest BCUT2D eigenvalue weighted by Gasteiger charge is 2.30. The third kappa shape index (κ3) is 5.00. The van der Waals surface area contributed by atoms with Crippen LogP contribution in [0.1, 0.15) is 23.1 Å². The molecule has 0 saturated heterocycles. The molecule has 0 fully saturated rings. The fourth-order valence-corrected chi connectivity index (χ4v) is 4.48. The number of non-ortho nitro benzene ring substituents is 1. The van der Waals surface area contributed by atoms with Gasteiger partial charge in [0.2, 0.25) is 0 Å². The van der Waals surface area contributed by atoms with Gasteiger partial charge in [0.05, 0.1) is 16.2 Å². The Labute approximate surface area is 203 Å². The van der Waals surface area contributed by atoms with Crippen LogP contribution in [0.15, 0.2) is 84.9 Å². The number of hydrogen-bond donors (Lipinski definition) is 2. The van der Waals surface area contributed by atoms with E-state index in [9.17, 15) is 14.9 Å². The Kier molecular flexibility index (Phi) is 6.41. The highest BCUT2D eigenvalue weighted by Crippen LogP contribution is 2.39. The van der Waals surface area contributed by atoms with E-state index in [1.54, 1.807) is 6.07 Å². The summed E-state index contributed by atoms with van der Waals surface area (Å²) in [6.45, 7) is 3.13. The first-order valence-corrected chi connectivity index (χ1v) is 11.7. The number of nitro benzene ring substituents is 1. The lowest BCUT2D eigenvalue weighted by molar-refractivity contribution is -0.384. The second kappa shape index (κ2) is 9.95. The molecule has 1 amide bonds. The number of amides is 1. The van der Waals surface area contributed by atoms with Crippen molar-refractivity contribution in [3.63, 3.8) is 0 Å². The summed E-state index contributed by atoms with van der Waals surface area (Å²) in [5.74, 6) is -0.293. The quantitative estimate of drug-likeness (QED) is 0.213. The molecule has 0 aromatic heterocycles. The molecule has 0 radical (unpaired) electrons. The van der Waals surface area contributed by atoms with Crippen LogP contribution in [0.5, 0.6) is 0 Å². The molecule has 35 heavy (non-hydrogen) atoms. The average molecular weight is 467 g/mol. The normalized spacial score (nSPS) is 16.5. The Morgan fingerprint density at radius 3 is 2.54 bits per heavy atom. The van der Waals surface area contributed by atoms with Crippen molar-refractivity contribution in [2.45, 2.75) is 12.8 Å². The first kappa shape index (κ1) is 22.6. The van der Waals surface area contributed by atoms with Gasteiger partial charge < -0.3 is 10.6 Å². The first-order chi connectivity index (χ1) is 17.1. The van der Waals surface area contributed by atoms with E-state index in [1.807, 2.05) is 42.5 Å². The van der Waals surface area contributed by atoms with Gasteiger partial charge in [-0.3, -0.25) is 19.8 Å². The molecule has 0 atom stereocenters. The summed E-state index contributed by atoms with van der Waals surface area (Å²) in [5.41, 5.74) is 4.92. The molecule has 2 N–H and O–H groups in total. The standard InChI is InChI=1S/C28H26N4O3/c33-28-26(24-19-23(32(34)35)13-14-25(24)30-28)27(21-7-3-1-4-8-21)29-22-11-9-20(10-12-22)15-18-31-16-5-2-6-17-31/h1-5,7-14,19,29H,6,15-18H2,(H,30,33). The Hall–Kier alpha value is -4.23. The van der Waals surface area contributed by atoms with Crippen molar-refractivity contribution >= 4 is 34.2 Å². The molecule has 0 bridgehead atoms. The molecular formula is C28H26N4O3. The zero-order valence-electron chi connectivity index (χ0n) is 19.2. The molecule has 5 rings (SSSR count). The number of fused-ring (bicyclic) bond motifs is 1. The van der Waals surface area contributed by atoms with Crippen LogP contribution >= 0.6 is 0 Å². The van der Waals surface area contributed by atoms with Gasteiger partial charge in [-0.15, -0.1) is 0 Å². The van der Waals surface area contributed by atoms with E-state index in [0.29, 0.717) is 22.5 Å². The molecule has 7 nitrogen and oxygen atoms in total. The number of anilines is 2. The van der Waals surface area contributed by atoms with E-state index in [-0.39, 0.29) is 11.6 Å². The molecule has 2 aliphatic rings. The summed E-state index contributed by atoms with van der Waals surface area (Å²) < 4.78 is 0. The average Bonchev–Trinajstić information content (AvgIpc) is 3.22. The zero-order valence-corrected chi connectivity index (χ0v) is 19.2. The van der Waals surface area contributed by atoms with Gasteiger partial charge in [0.25, 0.3) is 11.6 Å². The number of nitrogens with zero attached hydrogens (tertiary/aromatic N) is 2. The van der Waals surface area contributed by atoms with E-state index < -0.39 is 4.92 Å². The van der Waals surface area contributed by atoms with E-state index >= 15 is 0 Å². The fourth-order valence-electron chi connectivity index (χ4n) is 4.48. The van der Waals surface area contributed by atoms with Crippen molar-refractivity contribution in [3.05, 3.63) is 112 Å². The first-order valence-electron chi connectivity index (χ1n) is 11.7. The molecule has 176 valence electrons. The van der Waals surface area contributed by atoms with Crippen molar-refractivity contribution in [1.29, 1.82) is 0 Å². The largest absolute Gasteiger partial charge is 0.354 e. The summed E-state index contributed by atoms with van der Waals surface area (Å²) >= 11 is 0. The number of rotatable bonds is 7. The topological polar surface area (TPSA) is 87.5 Å². The third-order valence-electron chi connectivity index (χ3n) is 6.35. The molecule has 2 aliphatic heterocycles. The van der Waals surface area contributed by atoms with Crippen molar-refractivity contribution in [2.75, 3.05) is 30.3 Å². The summed E-state index contributed by atoms with van der Waals surface area (Å²) in [4.78, 5) is 26.4. The van der Waals surface area contributed by atoms with Crippen LogP contribution in [-0.4, -0.2) is 35.4 Å². The van der Waals surface area contributed by atoms with Crippen LogP contribution in [0.25, 0.3) is 11.3 Å². The highest BCUT2D eigenvalue weighted by atomic mass is 16.6. The van der Waals surface area contributed by atoms with Crippen LogP contribution < -0.4 is 10.6 Å². The van der Waals surface area contributed by atoms with Crippen molar-refractivity contribution < 1.29 is 9.72 Å². The lowest BCUT2D eigenvalue weighted by Crippen LogP contribution is -2.29. The number of hydrogen-bond acceptors (Lipinski definition) is 5. The van der Waals surface area contributed by atoms with E-state index in [2.05, 4.69) is 39.8 Å². The van der Waals surface area contributed by atoms with Crippen LogP contribution in [0, 0.1) is 10.1 Å². The van der Waals surface area contributed by atoms with Crippen molar-refractivity contribution in [2.24, 2.45) is 0 Å². The molecule has 0 spiro atoms. The van der Waals surface area contributed by atoms with Crippen LogP contribution in [0.2, 0.25) is 0 Å². The Bertz CT molecular complexity index is 1310. The lowest BCUT2D eigenvalue weighted by atomic mass is 9.99. The second-order valence-electron chi connectivity index (χ2n) is 8.69. The molecular weight excluding hydrogens is 440 g/mol. The van der Waals surface area contributed by atoms with Gasteiger partial charge in [0.1, 0.15) is 0 Å². The van der Waals surface area contributed by atoms with E-state index in [1.165, 1.54) is 17.7 Å². The van der Waals surface area contributed by atoms with E-state index in [0.717, 1.165) is 43.7 Å². The predicted octanol–water partition coefficient (Wildman–Crippen LogP) is 5.33. The Morgan fingerprint density at radius 1 is 1.03 bits per heavy atom. The number of carbonyl (C=O) groups is 1. The van der Waals surface area contributed by atoms with Crippen LogP contribution in [-0.2, 0) is 11.2 Å². The molecule has 2 heterocycles. The monoisotopic (exact) mass is 466 g/mol.